The number of morpholine rings is 1. The Kier molecular flexibility index (Phi) is 9.93. The zero-order chi connectivity index (χ0) is 30.5. The van der Waals surface area contributed by atoms with Crippen LogP contribution >= 0.6 is 0 Å². The quantitative estimate of drug-likeness (QED) is 0.229. The molecule has 43 heavy (non-hydrogen) atoms. The molecule has 5 rings (SSSR count). The van der Waals surface area contributed by atoms with Crippen LogP contribution < -0.4 is 24.2 Å². The van der Waals surface area contributed by atoms with Gasteiger partial charge >= 0.3 is 0 Å². The minimum atomic E-state index is -0.820. The second kappa shape index (κ2) is 13.8. The van der Waals surface area contributed by atoms with Crippen LogP contribution in [0.2, 0.25) is 0 Å². The molecule has 2 fully saturated rings. The van der Waals surface area contributed by atoms with Crippen molar-refractivity contribution in [1.82, 2.24) is 4.90 Å². The first-order chi connectivity index (χ1) is 20.8. The molecule has 0 saturated carbocycles. The van der Waals surface area contributed by atoms with Gasteiger partial charge < -0.3 is 33.9 Å². The summed E-state index contributed by atoms with van der Waals surface area (Å²) in [5, 5.41) is 14.1. The van der Waals surface area contributed by atoms with Crippen LogP contribution in [0.5, 0.6) is 17.2 Å². The van der Waals surface area contributed by atoms with Gasteiger partial charge in [0.1, 0.15) is 24.9 Å². The summed E-state index contributed by atoms with van der Waals surface area (Å²) < 4.78 is 23.3. The summed E-state index contributed by atoms with van der Waals surface area (Å²) in [4.78, 5) is 30.1. The molecule has 1 amide bonds. The van der Waals surface area contributed by atoms with Gasteiger partial charge in [-0.2, -0.15) is 0 Å². The van der Waals surface area contributed by atoms with Gasteiger partial charge in [0.25, 0.3) is 5.91 Å². The van der Waals surface area contributed by atoms with Gasteiger partial charge in [0.2, 0.25) is 5.78 Å². The van der Waals surface area contributed by atoms with Crippen LogP contribution in [0, 0.1) is 5.92 Å². The summed E-state index contributed by atoms with van der Waals surface area (Å²) in [5.74, 6) is 0.570. The van der Waals surface area contributed by atoms with Crippen molar-refractivity contribution in [3.63, 3.8) is 0 Å². The van der Waals surface area contributed by atoms with E-state index in [9.17, 15) is 14.7 Å². The lowest BCUT2D eigenvalue weighted by molar-refractivity contribution is -0.908. The van der Waals surface area contributed by atoms with Crippen LogP contribution in [-0.2, 0) is 20.7 Å². The SMILES string of the molecule is CCOc1cc(C2C(=C([O-])c3ccc4c(c3)CC(C)O4)C(=O)C(=O)N2CCC[NH+]2CCOCC2)ccc1OCCC(C)C. The van der Waals surface area contributed by atoms with Crippen molar-refractivity contribution < 1.29 is 38.5 Å². The highest BCUT2D eigenvalue weighted by Gasteiger charge is 2.44. The first-order valence-electron chi connectivity index (χ1n) is 15.6. The first-order valence-corrected chi connectivity index (χ1v) is 15.6. The Morgan fingerprint density at radius 2 is 1.88 bits per heavy atom. The van der Waals surface area contributed by atoms with E-state index in [4.69, 9.17) is 18.9 Å². The van der Waals surface area contributed by atoms with E-state index in [0.29, 0.717) is 61.1 Å². The Hall–Kier alpha value is -3.56. The number of Topliss-reactive ketones (excluding diaryl/α,β-unsaturated/α-hetero) is 1. The molecular weight excluding hydrogens is 548 g/mol. The van der Waals surface area contributed by atoms with E-state index in [2.05, 4.69) is 13.8 Å². The number of carbonyl (C=O) groups is 2. The molecule has 9 heteroatoms. The van der Waals surface area contributed by atoms with E-state index in [1.54, 1.807) is 23.1 Å². The van der Waals surface area contributed by atoms with Gasteiger partial charge in [-0.05, 0) is 67.1 Å². The number of fused-ring (bicyclic) bond motifs is 1. The minimum absolute atomic E-state index is 0.0217. The molecule has 9 nitrogen and oxygen atoms in total. The molecule has 2 aromatic rings. The number of quaternary nitrogens is 1. The number of benzene rings is 2. The molecule has 232 valence electrons. The van der Waals surface area contributed by atoms with Gasteiger partial charge in [0, 0.05) is 25.0 Å². The third-order valence-corrected chi connectivity index (χ3v) is 8.35. The third-order valence-electron chi connectivity index (χ3n) is 8.35. The lowest BCUT2D eigenvalue weighted by Gasteiger charge is -2.29. The molecule has 0 aliphatic carbocycles. The van der Waals surface area contributed by atoms with Crippen LogP contribution in [0.25, 0.3) is 5.76 Å². The number of ether oxygens (including phenoxy) is 4. The second-order valence-electron chi connectivity index (χ2n) is 12.1. The lowest BCUT2D eigenvalue weighted by Crippen LogP contribution is -3.14. The zero-order valence-corrected chi connectivity index (χ0v) is 25.8. The third kappa shape index (κ3) is 6.99. The maximum atomic E-state index is 14.1. The fraction of sp³-hybridized carbons (Fsp3) is 0.529. The average molecular weight is 593 g/mol. The topological polar surface area (TPSA) is 102 Å². The van der Waals surface area contributed by atoms with Gasteiger partial charge in [0.15, 0.2) is 11.5 Å². The smallest absolute Gasteiger partial charge is 0.295 e. The molecule has 1 N–H and O–H groups in total. The molecule has 2 aromatic carbocycles. The zero-order valence-electron chi connectivity index (χ0n) is 25.8. The molecule has 3 aliphatic heterocycles. The summed E-state index contributed by atoms with van der Waals surface area (Å²) in [6.07, 6.45) is 2.32. The van der Waals surface area contributed by atoms with Crippen molar-refractivity contribution in [2.45, 2.75) is 59.1 Å². The Morgan fingerprint density at radius 1 is 1.09 bits per heavy atom. The molecule has 2 saturated heterocycles. The molecule has 0 aromatic heterocycles. The van der Waals surface area contributed by atoms with E-state index >= 15 is 0 Å². The molecule has 0 bridgehead atoms. The number of ketones is 1. The number of hydrogen-bond acceptors (Lipinski definition) is 7. The van der Waals surface area contributed by atoms with Gasteiger partial charge in [0.05, 0.1) is 39.0 Å². The predicted octanol–water partition coefficient (Wildman–Crippen LogP) is 2.36. The Bertz CT molecular complexity index is 1350. The number of rotatable bonds is 12. The summed E-state index contributed by atoms with van der Waals surface area (Å²) in [7, 11) is 0. The second-order valence-corrected chi connectivity index (χ2v) is 12.1. The molecular formula is C34H44N2O7. The van der Waals surface area contributed by atoms with Crippen LogP contribution in [0.1, 0.15) is 63.3 Å². The van der Waals surface area contributed by atoms with Crippen molar-refractivity contribution >= 4 is 17.4 Å². The Labute approximate surface area is 254 Å². The molecule has 3 heterocycles. The minimum Gasteiger partial charge on any atom is -0.872 e. The molecule has 0 radical (unpaired) electrons. The fourth-order valence-corrected chi connectivity index (χ4v) is 6.06. The Balaban J connectivity index is 1.50. The summed E-state index contributed by atoms with van der Waals surface area (Å²) >= 11 is 0. The maximum Gasteiger partial charge on any atom is 0.295 e. The van der Waals surface area contributed by atoms with E-state index in [0.717, 1.165) is 50.6 Å². The van der Waals surface area contributed by atoms with Crippen LogP contribution in [0.3, 0.4) is 0 Å². The van der Waals surface area contributed by atoms with E-state index in [-0.39, 0.29) is 11.7 Å². The normalized spacial score (nSPS) is 21.7. The van der Waals surface area contributed by atoms with E-state index < -0.39 is 23.5 Å². The highest BCUT2D eigenvalue weighted by molar-refractivity contribution is 6.46. The lowest BCUT2D eigenvalue weighted by atomic mass is 9.94. The summed E-state index contributed by atoms with van der Waals surface area (Å²) in [5.41, 5.74) is 1.95. The number of carbonyl (C=O) groups excluding carboxylic acids is 2. The number of amides is 1. The van der Waals surface area contributed by atoms with Gasteiger partial charge in [-0.15, -0.1) is 0 Å². The van der Waals surface area contributed by atoms with Crippen molar-refractivity contribution in [2.24, 2.45) is 5.92 Å². The molecule has 2 unspecified atom stereocenters. The highest BCUT2D eigenvalue weighted by atomic mass is 16.5. The number of hydrogen-bond donors (Lipinski definition) is 1. The average Bonchev–Trinajstić information content (AvgIpc) is 3.49. The fourth-order valence-electron chi connectivity index (χ4n) is 6.06. The number of likely N-dealkylation sites (tertiary alicyclic amines) is 1. The molecule has 0 spiro atoms. The number of nitrogens with zero attached hydrogens (tertiary/aromatic N) is 1. The van der Waals surface area contributed by atoms with Gasteiger partial charge in [-0.3, -0.25) is 9.59 Å². The molecule has 2 atom stereocenters. The standard InChI is InChI=1S/C34H44N2O7/c1-5-41-29-21-24(7-10-28(29)42-16-11-22(2)3)31-30(32(37)25-8-9-27-26(20-25)19-23(4)43-27)33(38)34(39)36(31)13-6-12-35-14-17-40-18-15-35/h7-10,20-23,31,37H,5-6,11-19H2,1-4H3. The van der Waals surface area contributed by atoms with Gasteiger partial charge in [-0.1, -0.05) is 31.7 Å². The summed E-state index contributed by atoms with van der Waals surface area (Å²) in [6.45, 7) is 13.6. The predicted molar refractivity (Wildman–Crippen MR) is 160 cm³/mol. The maximum absolute atomic E-state index is 14.1. The van der Waals surface area contributed by atoms with Crippen molar-refractivity contribution in [1.29, 1.82) is 0 Å². The Morgan fingerprint density at radius 3 is 2.63 bits per heavy atom. The number of nitrogens with one attached hydrogen (secondary N) is 1. The van der Waals surface area contributed by atoms with Crippen molar-refractivity contribution in [3.05, 3.63) is 58.7 Å². The monoisotopic (exact) mass is 592 g/mol. The van der Waals surface area contributed by atoms with Crippen LogP contribution in [0.15, 0.2) is 42.0 Å². The highest BCUT2D eigenvalue weighted by Crippen LogP contribution is 2.42. The van der Waals surface area contributed by atoms with Crippen molar-refractivity contribution in [2.75, 3.05) is 52.6 Å². The van der Waals surface area contributed by atoms with Crippen LogP contribution in [-0.4, -0.2) is 75.3 Å². The van der Waals surface area contributed by atoms with Gasteiger partial charge in [-0.25, -0.2) is 0 Å². The van der Waals surface area contributed by atoms with Crippen molar-refractivity contribution in [3.8, 4) is 17.2 Å². The van der Waals surface area contributed by atoms with E-state index in [1.165, 1.54) is 4.90 Å². The van der Waals surface area contributed by atoms with Crippen LogP contribution in [0.4, 0.5) is 0 Å². The first kappa shape index (κ1) is 30.9. The summed E-state index contributed by atoms with van der Waals surface area (Å²) in [6, 6.07) is 9.92. The largest absolute Gasteiger partial charge is 0.872 e. The molecule has 3 aliphatic rings. The van der Waals surface area contributed by atoms with E-state index in [1.807, 2.05) is 32.0 Å².